The summed E-state index contributed by atoms with van der Waals surface area (Å²) in [5.74, 6) is 0.00205. The van der Waals surface area contributed by atoms with Gasteiger partial charge in [-0.2, -0.15) is 17.9 Å². The van der Waals surface area contributed by atoms with E-state index in [4.69, 9.17) is 11.6 Å². The molecule has 0 bridgehead atoms. The maximum absolute atomic E-state index is 13.2. The molecule has 3 heterocycles. The molecule has 0 radical (unpaired) electrons. The number of aromatic nitrogens is 8. The summed E-state index contributed by atoms with van der Waals surface area (Å²) in [6, 6.07) is 6.92. The van der Waals surface area contributed by atoms with Crippen molar-refractivity contribution in [3.63, 3.8) is 0 Å². The van der Waals surface area contributed by atoms with Crippen molar-refractivity contribution in [2.45, 2.75) is 45.3 Å². The average molecular weight is 552 g/mol. The van der Waals surface area contributed by atoms with Gasteiger partial charge in [0.2, 0.25) is 5.91 Å². The lowest BCUT2D eigenvalue weighted by Gasteiger charge is -2.15. The molecule has 0 aliphatic heterocycles. The Morgan fingerprint density at radius 1 is 1.16 bits per heavy atom. The van der Waals surface area contributed by atoms with Crippen molar-refractivity contribution in [3.8, 4) is 17.3 Å². The molecule has 4 aromatic rings. The SMILES string of the molecule is CC(=O)NC(C)c1nc(Cn2nc(-c3ccc(Cl)cc3)n(C[C@H](O)C(F)(F)F)c2=O)nn1-c1ncccn1. The minimum atomic E-state index is -4.95. The zero-order chi connectivity index (χ0) is 27.6. The van der Waals surface area contributed by atoms with Crippen LogP contribution in [0.15, 0.2) is 47.5 Å². The molecular weight excluding hydrogens is 531 g/mol. The molecule has 2 atom stereocenters. The number of aliphatic hydroxyl groups is 1. The number of benzene rings is 1. The van der Waals surface area contributed by atoms with Gasteiger partial charge in [-0.05, 0) is 37.3 Å². The molecular formula is C22H21ClF3N9O3. The molecule has 0 spiro atoms. The van der Waals surface area contributed by atoms with Crippen LogP contribution in [0.4, 0.5) is 13.2 Å². The maximum atomic E-state index is 13.2. The van der Waals surface area contributed by atoms with Crippen molar-refractivity contribution in [2.24, 2.45) is 0 Å². The van der Waals surface area contributed by atoms with Crippen molar-refractivity contribution >= 4 is 17.5 Å². The number of hydrogen-bond donors (Lipinski definition) is 2. The molecule has 2 N–H and O–H groups in total. The Labute approximate surface area is 217 Å². The van der Waals surface area contributed by atoms with Crippen molar-refractivity contribution in [1.82, 2.24) is 44.4 Å². The second-order valence-corrected chi connectivity index (χ2v) is 8.64. The normalized spacial score (nSPS) is 13.3. The van der Waals surface area contributed by atoms with Gasteiger partial charge in [0, 0.05) is 29.9 Å². The van der Waals surface area contributed by atoms with E-state index < -0.39 is 30.6 Å². The number of amides is 1. The lowest BCUT2D eigenvalue weighted by molar-refractivity contribution is -0.207. The molecule has 200 valence electrons. The third-order valence-corrected chi connectivity index (χ3v) is 5.53. The summed E-state index contributed by atoms with van der Waals surface area (Å²) in [5, 5.41) is 21.3. The molecule has 0 saturated heterocycles. The standard InChI is InChI=1S/C22H21ClF3N9O3/c1-12(29-13(2)36)18-30-17(31-35(18)20-27-8-3-9-28-20)11-34-21(38)33(10-16(37)22(24,25)26)19(32-34)14-4-6-15(23)7-5-14/h3-9,12,16,37H,10-11H2,1-2H3,(H,29,36)/t12?,16-/m0/s1. The predicted molar refractivity (Wildman–Crippen MR) is 127 cm³/mol. The van der Waals surface area contributed by atoms with E-state index in [-0.39, 0.29) is 35.9 Å². The first-order chi connectivity index (χ1) is 17.9. The van der Waals surface area contributed by atoms with E-state index in [1.54, 1.807) is 13.0 Å². The van der Waals surface area contributed by atoms with E-state index in [2.05, 4.69) is 30.5 Å². The topological polar surface area (TPSA) is 146 Å². The van der Waals surface area contributed by atoms with Gasteiger partial charge >= 0.3 is 11.9 Å². The summed E-state index contributed by atoms with van der Waals surface area (Å²) in [7, 11) is 0. The molecule has 0 aliphatic carbocycles. The number of hydrogen-bond acceptors (Lipinski definition) is 8. The molecule has 1 unspecified atom stereocenters. The Hall–Kier alpha value is -4.11. The third kappa shape index (κ3) is 5.89. The minimum Gasteiger partial charge on any atom is -0.382 e. The smallest absolute Gasteiger partial charge is 0.382 e. The van der Waals surface area contributed by atoms with Gasteiger partial charge in [-0.1, -0.05) is 11.6 Å². The summed E-state index contributed by atoms with van der Waals surface area (Å²) in [4.78, 5) is 37.4. The van der Waals surface area contributed by atoms with E-state index in [1.807, 2.05) is 0 Å². The van der Waals surface area contributed by atoms with Crippen molar-refractivity contribution in [1.29, 1.82) is 0 Å². The molecule has 0 aliphatic rings. The second kappa shape index (κ2) is 10.7. The first kappa shape index (κ1) is 26.9. The molecule has 4 rings (SSSR count). The molecule has 0 fully saturated rings. The van der Waals surface area contributed by atoms with Gasteiger partial charge in [0.1, 0.15) is 6.54 Å². The minimum absolute atomic E-state index is 0.0513. The molecule has 3 aromatic heterocycles. The number of nitrogens with one attached hydrogen (secondary N) is 1. The van der Waals surface area contributed by atoms with E-state index in [1.165, 1.54) is 48.3 Å². The number of halogens is 4. The Kier molecular flexibility index (Phi) is 7.59. The number of nitrogens with zero attached hydrogens (tertiary/aromatic N) is 8. The summed E-state index contributed by atoms with van der Waals surface area (Å²) < 4.78 is 42.2. The van der Waals surface area contributed by atoms with E-state index in [9.17, 15) is 27.9 Å². The Morgan fingerprint density at radius 3 is 2.42 bits per heavy atom. The van der Waals surface area contributed by atoms with E-state index in [0.717, 1.165) is 9.25 Å². The molecule has 0 saturated carbocycles. The van der Waals surface area contributed by atoms with Gasteiger partial charge in [0.25, 0.3) is 5.95 Å². The predicted octanol–water partition coefficient (Wildman–Crippen LogP) is 1.90. The van der Waals surface area contributed by atoms with Crippen LogP contribution in [0.5, 0.6) is 0 Å². The highest BCUT2D eigenvalue weighted by atomic mass is 35.5. The molecule has 12 nitrogen and oxygen atoms in total. The number of carbonyl (C=O) groups excluding carboxylic acids is 1. The van der Waals surface area contributed by atoms with Crippen LogP contribution < -0.4 is 11.0 Å². The fourth-order valence-electron chi connectivity index (χ4n) is 3.56. The summed E-state index contributed by atoms with van der Waals surface area (Å²) >= 11 is 5.91. The highest BCUT2D eigenvalue weighted by molar-refractivity contribution is 6.30. The second-order valence-electron chi connectivity index (χ2n) is 8.21. The lowest BCUT2D eigenvalue weighted by Crippen LogP contribution is -2.37. The van der Waals surface area contributed by atoms with Crippen molar-refractivity contribution in [2.75, 3.05) is 0 Å². The number of rotatable bonds is 8. The number of alkyl halides is 3. The van der Waals surface area contributed by atoms with E-state index >= 15 is 0 Å². The van der Waals surface area contributed by atoms with Crippen LogP contribution in [0.1, 0.15) is 31.5 Å². The van der Waals surface area contributed by atoms with Crippen LogP contribution in [0.2, 0.25) is 5.02 Å². The third-order valence-electron chi connectivity index (χ3n) is 5.27. The zero-order valence-electron chi connectivity index (χ0n) is 20.0. The molecule has 1 amide bonds. The quantitative estimate of drug-likeness (QED) is 0.338. The first-order valence-corrected chi connectivity index (χ1v) is 11.5. The van der Waals surface area contributed by atoms with Crippen LogP contribution in [0.3, 0.4) is 0 Å². The van der Waals surface area contributed by atoms with Gasteiger partial charge in [-0.25, -0.2) is 24.4 Å². The fourth-order valence-corrected chi connectivity index (χ4v) is 3.69. The van der Waals surface area contributed by atoms with Crippen molar-refractivity contribution < 1.29 is 23.1 Å². The van der Waals surface area contributed by atoms with Gasteiger partial charge in [-0.15, -0.1) is 10.2 Å². The summed E-state index contributed by atoms with van der Waals surface area (Å²) in [6.45, 7) is 1.57. The molecule has 16 heteroatoms. The van der Waals surface area contributed by atoms with Crippen molar-refractivity contribution in [3.05, 3.63) is 69.9 Å². The highest BCUT2D eigenvalue weighted by Gasteiger charge is 2.39. The fraction of sp³-hybridized carbons (Fsp3) is 0.318. The van der Waals surface area contributed by atoms with Gasteiger partial charge in [0.05, 0.1) is 12.6 Å². The number of carbonyl (C=O) groups is 1. The average Bonchev–Trinajstić information content (AvgIpc) is 3.41. The Morgan fingerprint density at radius 2 is 1.82 bits per heavy atom. The van der Waals surface area contributed by atoms with Crippen LogP contribution in [-0.4, -0.2) is 62.4 Å². The van der Waals surface area contributed by atoms with E-state index in [0.29, 0.717) is 10.6 Å². The largest absolute Gasteiger partial charge is 0.416 e. The van der Waals surface area contributed by atoms with Crippen LogP contribution in [-0.2, 0) is 17.9 Å². The molecule has 38 heavy (non-hydrogen) atoms. The Bertz CT molecular complexity index is 1480. The zero-order valence-corrected chi connectivity index (χ0v) is 20.7. The molecule has 1 aromatic carbocycles. The van der Waals surface area contributed by atoms with Crippen LogP contribution in [0, 0.1) is 0 Å². The lowest BCUT2D eigenvalue weighted by atomic mass is 10.2. The maximum Gasteiger partial charge on any atom is 0.416 e. The van der Waals surface area contributed by atoms with Crippen LogP contribution >= 0.6 is 11.6 Å². The van der Waals surface area contributed by atoms with Crippen LogP contribution in [0.25, 0.3) is 17.3 Å². The first-order valence-electron chi connectivity index (χ1n) is 11.1. The summed E-state index contributed by atoms with van der Waals surface area (Å²) in [6.07, 6.45) is -4.80. The summed E-state index contributed by atoms with van der Waals surface area (Å²) in [5.41, 5.74) is -0.627. The monoisotopic (exact) mass is 551 g/mol. The van der Waals surface area contributed by atoms with Gasteiger partial charge in [0.15, 0.2) is 23.6 Å². The Balaban J connectivity index is 1.77. The number of aliphatic hydroxyl groups excluding tert-OH is 1. The highest BCUT2D eigenvalue weighted by Crippen LogP contribution is 2.24. The van der Waals surface area contributed by atoms with Gasteiger partial charge in [-0.3, -0.25) is 9.36 Å². The van der Waals surface area contributed by atoms with Gasteiger partial charge < -0.3 is 10.4 Å².